The maximum absolute atomic E-state index is 6.23. The number of rotatable bonds is 4. The molecule has 0 aromatic heterocycles. The summed E-state index contributed by atoms with van der Waals surface area (Å²) in [6.07, 6.45) is 8.56. The molecule has 108 valence electrons. The summed E-state index contributed by atoms with van der Waals surface area (Å²) in [5.74, 6) is 1.09. The van der Waals surface area contributed by atoms with E-state index >= 15 is 0 Å². The van der Waals surface area contributed by atoms with Gasteiger partial charge in [-0.15, -0.1) is 0 Å². The number of hydrogen-bond acceptors (Lipinski definition) is 1. The Morgan fingerprint density at radius 2 is 2.15 bits per heavy atom. The van der Waals surface area contributed by atoms with E-state index in [4.69, 9.17) is 4.74 Å². The predicted octanol–water partition coefficient (Wildman–Crippen LogP) is 5.16. The average Bonchev–Trinajstić information content (AvgIpc) is 2.41. The fraction of sp³-hybridized carbons (Fsp3) is 0.474. The average molecular weight is 270 g/mol. The SMILES string of the molecule is C=C[C@]1(C)CCc2c(CCC=C(C)C)ccc(C)c2O1. The van der Waals surface area contributed by atoms with E-state index in [1.165, 1.54) is 22.3 Å². The molecule has 0 amide bonds. The molecule has 2 rings (SSSR count). The van der Waals surface area contributed by atoms with Crippen molar-refractivity contribution in [2.24, 2.45) is 0 Å². The Hall–Kier alpha value is -1.50. The maximum Gasteiger partial charge on any atom is 0.126 e. The van der Waals surface area contributed by atoms with Crippen LogP contribution < -0.4 is 4.74 Å². The van der Waals surface area contributed by atoms with Gasteiger partial charge in [0.1, 0.15) is 11.4 Å². The molecule has 1 aliphatic heterocycles. The van der Waals surface area contributed by atoms with Crippen molar-refractivity contribution in [3.8, 4) is 5.75 Å². The fourth-order valence-electron chi connectivity index (χ4n) is 2.75. The monoisotopic (exact) mass is 270 g/mol. The van der Waals surface area contributed by atoms with Gasteiger partial charge in [0.05, 0.1) is 0 Å². The molecule has 0 saturated heterocycles. The third-order valence-corrected chi connectivity index (χ3v) is 4.16. The molecule has 20 heavy (non-hydrogen) atoms. The van der Waals surface area contributed by atoms with Gasteiger partial charge in [-0.05, 0) is 76.1 Å². The number of hydrogen-bond donors (Lipinski definition) is 0. The topological polar surface area (TPSA) is 9.23 Å². The van der Waals surface area contributed by atoms with Crippen LogP contribution >= 0.6 is 0 Å². The van der Waals surface area contributed by atoms with Crippen molar-refractivity contribution in [1.29, 1.82) is 0 Å². The van der Waals surface area contributed by atoms with E-state index in [0.29, 0.717) is 0 Å². The van der Waals surface area contributed by atoms with E-state index in [2.05, 4.69) is 52.5 Å². The molecule has 0 aliphatic carbocycles. The first-order chi connectivity index (χ1) is 9.45. The highest BCUT2D eigenvalue weighted by atomic mass is 16.5. The summed E-state index contributed by atoms with van der Waals surface area (Å²) in [6, 6.07) is 4.46. The molecule has 1 atom stereocenters. The van der Waals surface area contributed by atoms with Crippen LogP contribution in [0, 0.1) is 6.92 Å². The van der Waals surface area contributed by atoms with Gasteiger partial charge in [0, 0.05) is 0 Å². The largest absolute Gasteiger partial charge is 0.483 e. The second-order valence-corrected chi connectivity index (χ2v) is 6.29. The summed E-state index contributed by atoms with van der Waals surface area (Å²) in [4.78, 5) is 0. The molecule has 1 heterocycles. The molecule has 1 aromatic carbocycles. The highest BCUT2D eigenvalue weighted by Crippen LogP contribution is 2.38. The minimum atomic E-state index is -0.212. The lowest BCUT2D eigenvalue weighted by Crippen LogP contribution is -2.34. The van der Waals surface area contributed by atoms with Gasteiger partial charge in [-0.1, -0.05) is 30.4 Å². The molecule has 1 heteroatoms. The van der Waals surface area contributed by atoms with Gasteiger partial charge in [-0.25, -0.2) is 0 Å². The molecule has 1 aromatic rings. The van der Waals surface area contributed by atoms with Gasteiger partial charge in [0.2, 0.25) is 0 Å². The van der Waals surface area contributed by atoms with Crippen LogP contribution in [0.15, 0.2) is 36.4 Å². The number of aryl methyl sites for hydroxylation is 2. The van der Waals surface area contributed by atoms with Crippen LogP contribution in [0.25, 0.3) is 0 Å². The molecule has 1 aliphatic rings. The minimum absolute atomic E-state index is 0.212. The molecule has 0 bridgehead atoms. The first kappa shape index (κ1) is 14.9. The van der Waals surface area contributed by atoms with Crippen molar-refractivity contribution in [3.05, 3.63) is 53.1 Å². The van der Waals surface area contributed by atoms with E-state index in [1.54, 1.807) is 0 Å². The Labute approximate surface area is 123 Å². The number of allylic oxidation sites excluding steroid dienone is 2. The second-order valence-electron chi connectivity index (χ2n) is 6.29. The molecule has 0 radical (unpaired) electrons. The van der Waals surface area contributed by atoms with Crippen molar-refractivity contribution in [2.45, 2.75) is 59.0 Å². The van der Waals surface area contributed by atoms with Crippen molar-refractivity contribution in [2.75, 3.05) is 0 Å². The number of fused-ring (bicyclic) bond motifs is 1. The zero-order valence-corrected chi connectivity index (χ0v) is 13.3. The van der Waals surface area contributed by atoms with E-state index in [1.807, 2.05) is 6.08 Å². The van der Waals surface area contributed by atoms with Crippen LogP contribution in [0.1, 0.15) is 50.3 Å². The van der Waals surface area contributed by atoms with Gasteiger partial charge in [0.15, 0.2) is 0 Å². The van der Waals surface area contributed by atoms with Gasteiger partial charge in [-0.3, -0.25) is 0 Å². The van der Waals surface area contributed by atoms with Crippen LogP contribution in [-0.4, -0.2) is 5.60 Å². The second kappa shape index (κ2) is 5.87. The highest BCUT2D eigenvalue weighted by molar-refractivity contribution is 5.48. The molecule has 1 nitrogen and oxygen atoms in total. The summed E-state index contributed by atoms with van der Waals surface area (Å²) < 4.78 is 6.23. The van der Waals surface area contributed by atoms with Crippen molar-refractivity contribution < 1.29 is 4.74 Å². The van der Waals surface area contributed by atoms with E-state index in [9.17, 15) is 0 Å². The lowest BCUT2D eigenvalue weighted by molar-refractivity contribution is 0.113. The van der Waals surface area contributed by atoms with Crippen LogP contribution in [-0.2, 0) is 12.8 Å². The van der Waals surface area contributed by atoms with E-state index in [0.717, 1.165) is 31.4 Å². The minimum Gasteiger partial charge on any atom is -0.483 e. The fourth-order valence-corrected chi connectivity index (χ4v) is 2.75. The van der Waals surface area contributed by atoms with Crippen molar-refractivity contribution >= 4 is 0 Å². The Kier molecular flexibility index (Phi) is 4.37. The normalized spacial score (nSPS) is 20.8. The number of ether oxygens (including phenoxy) is 1. The summed E-state index contributed by atoms with van der Waals surface area (Å²) in [5, 5.41) is 0. The first-order valence-electron chi connectivity index (χ1n) is 7.52. The van der Waals surface area contributed by atoms with Crippen LogP contribution in [0.4, 0.5) is 0 Å². The van der Waals surface area contributed by atoms with Crippen LogP contribution in [0.2, 0.25) is 0 Å². The molecule has 0 spiro atoms. The summed E-state index contributed by atoms with van der Waals surface area (Å²) >= 11 is 0. The van der Waals surface area contributed by atoms with Gasteiger partial charge >= 0.3 is 0 Å². The third-order valence-electron chi connectivity index (χ3n) is 4.16. The van der Waals surface area contributed by atoms with Gasteiger partial charge in [0.25, 0.3) is 0 Å². The summed E-state index contributed by atoms with van der Waals surface area (Å²) in [6.45, 7) is 12.5. The molecule has 0 fully saturated rings. The Balaban J connectivity index is 2.28. The molecule has 0 N–H and O–H groups in total. The standard InChI is InChI=1S/C19H26O/c1-6-19(5)13-12-17-16(9-7-8-14(2)3)11-10-15(4)18(17)20-19/h6,8,10-11H,1,7,9,12-13H2,2-5H3/t19-/m1/s1. The lowest BCUT2D eigenvalue weighted by Gasteiger charge is -2.35. The Morgan fingerprint density at radius 3 is 2.80 bits per heavy atom. The quantitative estimate of drug-likeness (QED) is 0.686. The van der Waals surface area contributed by atoms with E-state index < -0.39 is 0 Å². The Bertz CT molecular complexity index is 535. The predicted molar refractivity (Wildman–Crippen MR) is 86.5 cm³/mol. The highest BCUT2D eigenvalue weighted by Gasteiger charge is 2.30. The zero-order chi connectivity index (χ0) is 14.8. The molecular formula is C19H26O. The molecule has 0 unspecified atom stereocenters. The number of benzene rings is 1. The summed E-state index contributed by atoms with van der Waals surface area (Å²) in [5.41, 5.74) is 5.26. The summed E-state index contributed by atoms with van der Waals surface area (Å²) in [7, 11) is 0. The first-order valence-corrected chi connectivity index (χ1v) is 7.52. The smallest absolute Gasteiger partial charge is 0.126 e. The maximum atomic E-state index is 6.23. The van der Waals surface area contributed by atoms with E-state index in [-0.39, 0.29) is 5.60 Å². The lowest BCUT2D eigenvalue weighted by atomic mass is 9.87. The van der Waals surface area contributed by atoms with Crippen LogP contribution in [0.3, 0.4) is 0 Å². The Morgan fingerprint density at radius 1 is 1.40 bits per heavy atom. The third kappa shape index (κ3) is 3.15. The van der Waals surface area contributed by atoms with Gasteiger partial charge < -0.3 is 4.74 Å². The molecular weight excluding hydrogens is 244 g/mol. The molecule has 0 saturated carbocycles. The zero-order valence-electron chi connectivity index (χ0n) is 13.3. The van der Waals surface area contributed by atoms with Gasteiger partial charge in [-0.2, -0.15) is 0 Å². The van der Waals surface area contributed by atoms with Crippen molar-refractivity contribution in [3.63, 3.8) is 0 Å². The van der Waals surface area contributed by atoms with Crippen molar-refractivity contribution in [1.82, 2.24) is 0 Å². The van der Waals surface area contributed by atoms with Crippen LogP contribution in [0.5, 0.6) is 5.75 Å².